The number of carbonyl (C=O) groups excluding carboxylic acids is 3. The van der Waals surface area contributed by atoms with Gasteiger partial charge < -0.3 is 14.7 Å². The highest BCUT2D eigenvalue weighted by Gasteiger charge is 2.29. The van der Waals surface area contributed by atoms with E-state index in [2.05, 4.69) is 20.1 Å². The van der Waals surface area contributed by atoms with Crippen molar-refractivity contribution in [1.82, 2.24) is 14.7 Å². The van der Waals surface area contributed by atoms with Crippen molar-refractivity contribution in [2.75, 3.05) is 31.5 Å². The van der Waals surface area contributed by atoms with Crippen LogP contribution >= 0.6 is 11.8 Å². The molecule has 0 aromatic heterocycles. The van der Waals surface area contributed by atoms with Gasteiger partial charge in [0.2, 0.25) is 17.7 Å². The molecule has 0 aliphatic carbocycles. The first kappa shape index (κ1) is 27.3. The zero-order valence-corrected chi connectivity index (χ0v) is 20.2. The van der Waals surface area contributed by atoms with E-state index < -0.39 is 0 Å². The summed E-state index contributed by atoms with van der Waals surface area (Å²) in [6.45, 7) is 9.75. The molecule has 0 aromatic rings. The lowest BCUT2D eigenvalue weighted by molar-refractivity contribution is -0.154. The molecular weight excluding hydrogens is 410 g/mol. The van der Waals surface area contributed by atoms with E-state index in [1.807, 2.05) is 0 Å². The van der Waals surface area contributed by atoms with Crippen LogP contribution in [0, 0.1) is 0 Å². The summed E-state index contributed by atoms with van der Waals surface area (Å²) in [6, 6.07) is 0. The molecule has 0 bridgehead atoms. The molecule has 1 saturated heterocycles. The molecule has 1 aliphatic heterocycles. The van der Waals surface area contributed by atoms with Crippen LogP contribution in [-0.4, -0.2) is 63.9 Å². The number of hydrogen-bond donors (Lipinski definition) is 0. The van der Waals surface area contributed by atoms with Crippen LogP contribution in [0.4, 0.5) is 0 Å². The van der Waals surface area contributed by atoms with E-state index in [4.69, 9.17) is 0 Å². The molecule has 0 aromatic carbocycles. The van der Waals surface area contributed by atoms with Crippen LogP contribution in [0.15, 0.2) is 25.3 Å². The minimum Gasteiger partial charge on any atom is -0.307 e. The Balaban J connectivity index is 2.17. The Morgan fingerprint density at radius 1 is 0.710 bits per heavy atom. The topological polar surface area (TPSA) is 60.9 Å². The standard InChI is InChI=1S/C24H41N3O3S/c1-4-7-8-9-10-11-12-13-14-15-17-31-18-16-24(30)27-20-25(22(28)5-2)19-26(21-27)23(29)6-3/h5-6H,2-4,7-21H2,1H3. The Morgan fingerprint density at radius 3 is 1.65 bits per heavy atom. The molecule has 1 rings (SSSR count). The molecule has 6 nitrogen and oxygen atoms in total. The summed E-state index contributed by atoms with van der Waals surface area (Å²) >= 11 is 1.81. The fourth-order valence-electron chi connectivity index (χ4n) is 3.56. The first-order chi connectivity index (χ1) is 15.0. The molecule has 3 amide bonds. The summed E-state index contributed by atoms with van der Waals surface area (Å²) < 4.78 is 0. The van der Waals surface area contributed by atoms with Gasteiger partial charge in [0.05, 0.1) is 20.0 Å². The molecule has 1 aliphatic rings. The van der Waals surface area contributed by atoms with Gasteiger partial charge in [0.15, 0.2) is 0 Å². The number of carbonyl (C=O) groups is 3. The summed E-state index contributed by atoms with van der Waals surface area (Å²) in [5.41, 5.74) is 0. The zero-order valence-electron chi connectivity index (χ0n) is 19.4. The van der Waals surface area contributed by atoms with Gasteiger partial charge in [-0.2, -0.15) is 11.8 Å². The van der Waals surface area contributed by atoms with Gasteiger partial charge in [-0.15, -0.1) is 0 Å². The molecule has 1 fully saturated rings. The van der Waals surface area contributed by atoms with Crippen molar-refractivity contribution >= 4 is 29.5 Å². The SMILES string of the molecule is C=CC(=O)N1CN(C(=O)C=C)CN(C(=O)CCSCCCCCCCCCCCC)C1. The molecule has 0 N–H and O–H groups in total. The smallest absolute Gasteiger partial charge is 0.248 e. The number of hydrogen-bond acceptors (Lipinski definition) is 4. The minimum atomic E-state index is -0.297. The van der Waals surface area contributed by atoms with E-state index in [1.54, 1.807) is 16.7 Å². The van der Waals surface area contributed by atoms with Gasteiger partial charge in [0.25, 0.3) is 0 Å². The number of rotatable bonds is 16. The second-order valence-electron chi connectivity index (χ2n) is 8.07. The van der Waals surface area contributed by atoms with Crippen LogP contribution in [0.5, 0.6) is 0 Å². The lowest BCUT2D eigenvalue weighted by Crippen LogP contribution is -2.59. The lowest BCUT2D eigenvalue weighted by Gasteiger charge is -2.41. The molecule has 31 heavy (non-hydrogen) atoms. The van der Waals surface area contributed by atoms with E-state index in [0.29, 0.717) is 6.42 Å². The van der Waals surface area contributed by atoms with Crippen LogP contribution in [-0.2, 0) is 14.4 Å². The number of nitrogens with zero attached hydrogens (tertiary/aromatic N) is 3. The highest BCUT2D eigenvalue weighted by molar-refractivity contribution is 7.99. The first-order valence-electron chi connectivity index (χ1n) is 11.7. The quantitative estimate of drug-likeness (QED) is 0.250. The Kier molecular flexibility index (Phi) is 14.8. The minimum absolute atomic E-state index is 0.0426. The fraction of sp³-hybridized carbons (Fsp3) is 0.708. The van der Waals surface area contributed by atoms with Gasteiger partial charge in [-0.1, -0.05) is 77.9 Å². The van der Waals surface area contributed by atoms with Crippen molar-refractivity contribution < 1.29 is 14.4 Å². The van der Waals surface area contributed by atoms with E-state index >= 15 is 0 Å². The Bertz CT molecular complexity index is 554. The van der Waals surface area contributed by atoms with Gasteiger partial charge in [0.1, 0.15) is 0 Å². The molecule has 1 heterocycles. The summed E-state index contributed by atoms with van der Waals surface area (Å²) in [5.74, 6) is 1.20. The molecule has 7 heteroatoms. The first-order valence-corrected chi connectivity index (χ1v) is 12.9. The van der Waals surface area contributed by atoms with Crippen molar-refractivity contribution in [2.24, 2.45) is 0 Å². The van der Waals surface area contributed by atoms with E-state index in [9.17, 15) is 14.4 Å². The molecule has 176 valence electrons. The Labute approximate surface area is 193 Å². The van der Waals surface area contributed by atoms with Gasteiger partial charge in [-0.05, 0) is 24.3 Å². The normalized spacial score (nSPS) is 13.9. The molecule has 0 saturated carbocycles. The molecule has 0 radical (unpaired) electrons. The molecule has 0 unspecified atom stereocenters. The predicted octanol–water partition coefficient (Wildman–Crippen LogP) is 4.77. The number of unbranched alkanes of at least 4 members (excludes halogenated alkanes) is 9. The third kappa shape index (κ3) is 11.4. The highest BCUT2D eigenvalue weighted by atomic mass is 32.2. The van der Waals surface area contributed by atoms with Crippen molar-refractivity contribution in [3.63, 3.8) is 0 Å². The van der Waals surface area contributed by atoms with Crippen molar-refractivity contribution in [3.05, 3.63) is 25.3 Å². The molecule has 0 atom stereocenters. The van der Waals surface area contributed by atoms with Crippen molar-refractivity contribution in [1.29, 1.82) is 0 Å². The van der Waals surface area contributed by atoms with Crippen LogP contribution in [0.1, 0.15) is 77.6 Å². The third-order valence-corrected chi connectivity index (χ3v) is 6.52. The summed E-state index contributed by atoms with van der Waals surface area (Å²) in [7, 11) is 0. The Morgan fingerprint density at radius 2 is 1.16 bits per heavy atom. The van der Waals surface area contributed by atoms with Crippen molar-refractivity contribution in [2.45, 2.75) is 77.6 Å². The van der Waals surface area contributed by atoms with Crippen LogP contribution < -0.4 is 0 Å². The number of thioether (sulfide) groups is 1. The Hall–Kier alpha value is -1.76. The average Bonchev–Trinajstić information content (AvgIpc) is 2.80. The lowest BCUT2D eigenvalue weighted by atomic mass is 10.1. The van der Waals surface area contributed by atoms with Gasteiger partial charge in [-0.3, -0.25) is 14.4 Å². The fourth-order valence-corrected chi connectivity index (χ4v) is 4.49. The van der Waals surface area contributed by atoms with Gasteiger partial charge in [0, 0.05) is 12.2 Å². The summed E-state index contributed by atoms with van der Waals surface area (Å²) in [4.78, 5) is 41.0. The second-order valence-corrected chi connectivity index (χ2v) is 9.29. The third-order valence-electron chi connectivity index (χ3n) is 5.45. The molecular formula is C24H41N3O3S. The zero-order chi connectivity index (χ0) is 22.9. The van der Waals surface area contributed by atoms with Crippen LogP contribution in [0.3, 0.4) is 0 Å². The largest absolute Gasteiger partial charge is 0.307 e. The van der Waals surface area contributed by atoms with E-state index in [0.717, 1.165) is 11.5 Å². The maximum atomic E-state index is 12.6. The molecule has 0 spiro atoms. The summed E-state index contributed by atoms with van der Waals surface area (Å²) in [6.07, 6.45) is 16.1. The predicted molar refractivity (Wildman–Crippen MR) is 129 cm³/mol. The van der Waals surface area contributed by atoms with E-state index in [1.165, 1.54) is 86.2 Å². The van der Waals surface area contributed by atoms with Crippen molar-refractivity contribution in [3.8, 4) is 0 Å². The highest BCUT2D eigenvalue weighted by Crippen LogP contribution is 2.15. The second kappa shape index (κ2) is 16.9. The number of amides is 3. The van der Waals surface area contributed by atoms with Crippen LogP contribution in [0.2, 0.25) is 0 Å². The maximum Gasteiger partial charge on any atom is 0.248 e. The van der Waals surface area contributed by atoms with Crippen LogP contribution in [0.25, 0.3) is 0 Å². The van der Waals surface area contributed by atoms with Gasteiger partial charge >= 0.3 is 0 Å². The monoisotopic (exact) mass is 451 g/mol. The maximum absolute atomic E-state index is 12.6. The van der Waals surface area contributed by atoms with E-state index in [-0.39, 0.29) is 37.7 Å². The summed E-state index contributed by atoms with van der Waals surface area (Å²) in [5, 5.41) is 0. The van der Waals surface area contributed by atoms with Gasteiger partial charge in [-0.25, -0.2) is 0 Å². The average molecular weight is 452 g/mol.